The summed E-state index contributed by atoms with van der Waals surface area (Å²) in [6, 6.07) is -0.997. The molecule has 17 heavy (non-hydrogen) atoms. The highest BCUT2D eigenvalue weighted by molar-refractivity contribution is 5.79. The number of alkyl carbamates (subject to hydrolysis) is 1. The molecule has 1 amide bonds. The third-order valence-corrected chi connectivity index (χ3v) is 1.81. The number of rotatable bonds is 7. The van der Waals surface area contributed by atoms with Crippen LogP contribution in [-0.2, 0) is 9.53 Å². The van der Waals surface area contributed by atoms with Gasteiger partial charge in [0, 0.05) is 6.54 Å². The van der Waals surface area contributed by atoms with Gasteiger partial charge in [-0.2, -0.15) is 0 Å². The van der Waals surface area contributed by atoms with Crippen LogP contribution in [0.3, 0.4) is 0 Å². The van der Waals surface area contributed by atoms with Gasteiger partial charge in [0.05, 0.1) is 6.61 Å². The Kier molecular flexibility index (Phi) is 7.24. The summed E-state index contributed by atoms with van der Waals surface area (Å²) in [4.78, 5) is 25.6. The van der Waals surface area contributed by atoms with Gasteiger partial charge < -0.3 is 26.6 Å². The fourth-order valence-electron chi connectivity index (χ4n) is 1.08. The Balaban J connectivity index is 4.03. The lowest BCUT2D eigenvalue weighted by Crippen LogP contribution is -2.41. The molecule has 0 rings (SSSR count). The van der Waals surface area contributed by atoms with Gasteiger partial charge in [-0.25, -0.2) is 9.59 Å². The zero-order valence-corrected chi connectivity index (χ0v) is 9.68. The molecule has 0 aromatic heterocycles. The molecule has 0 heterocycles. The minimum Gasteiger partial charge on any atom is -0.480 e. The van der Waals surface area contributed by atoms with Crippen molar-refractivity contribution in [1.29, 1.82) is 0 Å². The van der Waals surface area contributed by atoms with Gasteiger partial charge in [-0.15, -0.1) is 0 Å². The molecular weight excluding hydrogens is 228 g/mol. The quantitative estimate of drug-likeness (QED) is 0.264. The Morgan fingerprint density at radius 3 is 2.59 bits per heavy atom. The molecule has 0 bridgehead atoms. The minimum atomic E-state index is -1.12. The zero-order valence-electron chi connectivity index (χ0n) is 9.68. The van der Waals surface area contributed by atoms with Crippen LogP contribution in [0.5, 0.6) is 0 Å². The third kappa shape index (κ3) is 7.88. The molecule has 8 heteroatoms. The van der Waals surface area contributed by atoms with E-state index in [2.05, 4.69) is 15.0 Å². The first-order valence-corrected chi connectivity index (χ1v) is 5.18. The summed E-state index contributed by atoms with van der Waals surface area (Å²) in [5.41, 5.74) is 10.2. The van der Waals surface area contributed by atoms with Crippen molar-refractivity contribution in [3.8, 4) is 0 Å². The van der Waals surface area contributed by atoms with E-state index in [1.165, 1.54) is 0 Å². The van der Waals surface area contributed by atoms with Gasteiger partial charge in [-0.3, -0.25) is 4.99 Å². The van der Waals surface area contributed by atoms with Crippen LogP contribution in [0.1, 0.15) is 19.8 Å². The number of nitrogens with one attached hydrogen (secondary N) is 1. The number of aliphatic carboxylic acids is 1. The topological polar surface area (TPSA) is 140 Å². The number of aliphatic imine (C=N–C) groups is 1. The highest BCUT2D eigenvalue weighted by atomic mass is 16.5. The molecule has 8 nitrogen and oxygen atoms in total. The number of amides is 1. The Morgan fingerprint density at radius 1 is 1.47 bits per heavy atom. The van der Waals surface area contributed by atoms with E-state index < -0.39 is 18.1 Å². The van der Waals surface area contributed by atoms with Crippen LogP contribution >= 0.6 is 0 Å². The number of carboxylic acids is 1. The summed E-state index contributed by atoms with van der Waals surface area (Å²) in [5.74, 6) is -1.17. The number of hydrogen-bond donors (Lipinski definition) is 4. The number of ether oxygens (including phenoxy) is 1. The lowest BCUT2D eigenvalue weighted by molar-refractivity contribution is -0.139. The molecule has 0 aliphatic heterocycles. The van der Waals surface area contributed by atoms with Crippen molar-refractivity contribution >= 4 is 18.0 Å². The molecule has 0 fully saturated rings. The Hall–Kier alpha value is -1.99. The summed E-state index contributed by atoms with van der Waals surface area (Å²) in [5, 5.41) is 11.1. The average molecular weight is 246 g/mol. The SMILES string of the molecule is CCOC(=O)N[C@H](CCCN=C(N)N)C(=O)O. The molecule has 0 aliphatic rings. The maximum Gasteiger partial charge on any atom is 0.407 e. The largest absolute Gasteiger partial charge is 0.480 e. The summed E-state index contributed by atoms with van der Waals surface area (Å²) in [6.07, 6.45) is -0.0756. The number of guanidine groups is 1. The molecular formula is C9H18N4O4. The first-order chi connectivity index (χ1) is 7.97. The van der Waals surface area contributed by atoms with Crippen LogP contribution in [-0.4, -0.2) is 42.3 Å². The van der Waals surface area contributed by atoms with Crippen LogP contribution in [0.4, 0.5) is 4.79 Å². The van der Waals surface area contributed by atoms with Crippen molar-refractivity contribution in [2.45, 2.75) is 25.8 Å². The maximum atomic E-state index is 11.0. The van der Waals surface area contributed by atoms with Gasteiger partial charge in [0.25, 0.3) is 0 Å². The number of carbonyl (C=O) groups excluding carboxylic acids is 1. The molecule has 0 unspecified atom stereocenters. The van der Waals surface area contributed by atoms with Crippen molar-refractivity contribution in [3.05, 3.63) is 0 Å². The first kappa shape index (κ1) is 15.0. The summed E-state index contributed by atoms with van der Waals surface area (Å²) in [6.45, 7) is 2.14. The second kappa shape index (κ2) is 8.20. The fraction of sp³-hybridized carbons (Fsp3) is 0.667. The normalized spacial score (nSPS) is 11.4. The van der Waals surface area contributed by atoms with Crippen LogP contribution in [0, 0.1) is 0 Å². The van der Waals surface area contributed by atoms with Gasteiger partial charge in [-0.1, -0.05) is 0 Å². The summed E-state index contributed by atoms with van der Waals surface area (Å²) >= 11 is 0. The Bertz CT molecular complexity index is 289. The van der Waals surface area contributed by atoms with E-state index in [1.54, 1.807) is 6.92 Å². The summed E-state index contributed by atoms with van der Waals surface area (Å²) in [7, 11) is 0. The Labute approximate surface area is 99.0 Å². The molecule has 0 spiro atoms. The van der Waals surface area contributed by atoms with E-state index in [-0.39, 0.29) is 19.0 Å². The van der Waals surface area contributed by atoms with Crippen LogP contribution in [0.2, 0.25) is 0 Å². The van der Waals surface area contributed by atoms with Gasteiger partial charge in [0.2, 0.25) is 0 Å². The smallest absolute Gasteiger partial charge is 0.407 e. The second-order valence-electron chi connectivity index (χ2n) is 3.20. The molecule has 0 aromatic carbocycles. The van der Waals surface area contributed by atoms with Gasteiger partial charge in [-0.05, 0) is 19.8 Å². The minimum absolute atomic E-state index is 0.0461. The monoisotopic (exact) mass is 246 g/mol. The predicted molar refractivity (Wildman–Crippen MR) is 61.5 cm³/mol. The first-order valence-electron chi connectivity index (χ1n) is 5.18. The standard InChI is InChI=1S/C9H18N4O4/c1-2-17-9(16)13-6(7(14)15)4-3-5-12-8(10)11/h6H,2-5H2,1H3,(H,13,16)(H,14,15)(H4,10,11,12)/t6-/m1/s1. The van der Waals surface area contributed by atoms with Crippen LogP contribution < -0.4 is 16.8 Å². The zero-order chi connectivity index (χ0) is 13.3. The number of nitrogens with two attached hydrogens (primary N) is 2. The highest BCUT2D eigenvalue weighted by Crippen LogP contribution is 1.99. The van der Waals surface area contributed by atoms with E-state index in [1.807, 2.05) is 0 Å². The third-order valence-electron chi connectivity index (χ3n) is 1.81. The molecule has 1 atom stereocenters. The molecule has 98 valence electrons. The van der Waals surface area contributed by atoms with Crippen LogP contribution in [0.15, 0.2) is 4.99 Å². The highest BCUT2D eigenvalue weighted by Gasteiger charge is 2.19. The second-order valence-corrected chi connectivity index (χ2v) is 3.20. The van der Waals surface area contributed by atoms with E-state index in [9.17, 15) is 9.59 Å². The van der Waals surface area contributed by atoms with Gasteiger partial charge >= 0.3 is 12.1 Å². The lowest BCUT2D eigenvalue weighted by Gasteiger charge is -2.13. The molecule has 0 radical (unpaired) electrons. The molecule has 0 saturated carbocycles. The van der Waals surface area contributed by atoms with E-state index >= 15 is 0 Å². The number of nitrogens with zero attached hydrogens (tertiary/aromatic N) is 1. The predicted octanol–water partition coefficient (Wildman–Crippen LogP) is -0.761. The van der Waals surface area contributed by atoms with Crippen molar-refractivity contribution in [1.82, 2.24) is 5.32 Å². The lowest BCUT2D eigenvalue weighted by atomic mass is 10.1. The van der Waals surface area contributed by atoms with Gasteiger partial charge in [0.15, 0.2) is 5.96 Å². The van der Waals surface area contributed by atoms with Crippen LogP contribution in [0.25, 0.3) is 0 Å². The number of carboxylic acid groups (broad SMARTS) is 1. The maximum absolute atomic E-state index is 11.0. The molecule has 0 aromatic rings. The van der Waals surface area contributed by atoms with Crippen molar-refractivity contribution in [2.24, 2.45) is 16.5 Å². The molecule has 6 N–H and O–H groups in total. The fourth-order valence-corrected chi connectivity index (χ4v) is 1.08. The summed E-state index contributed by atoms with van der Waals surface area (Å²) < 4.78 is 4.59. The van der Waals surface area contributed by atoms with E-state index in [0.717, 1.165) is 0 Å². The van der Waals surface area contributed by atoms with E-state index in [4.69, 9.17) is 16.6 Å². The Morgan fingerprint density at radius 2 is 2.12 bits per heavy atom. The average Bonchev–Trinajstić information content (AvgIpc) is 2.22. The molecule has 0 saturated heterocycles. The van der Waals surface area contributed by atoms with E-state index in [0.29, 0.717) is 13.0 Å². The van der Waals surface area contributed by atoms with Crippen molar-refractivity contribution < 1.29 is 19.4 Å². The number of carbonyl (C=O) groups is 2. The molecule has 0 aliphatic carbocycles. The number of hydrogen-bond acceptors (Lipinski definition) is 4. The van der Waals surface area contributed by atoms with Crippen molar-refractivity contribution in [2.75, 3.05) is 13.2 Å². The van der Waals surface area contributed by atoms with Gasteiger partial charge in [0.1, 0.15) is 6.04 Å². The van der Waals surface area contributed by atoms with Crippen molar-refractivity contribution in [3.63, 3.8) is 0 Å².